The minimum Gasteiger partial charge on any atom is -0.497 e. The molecule has 3 aromatic rings. The maximum atomic E-state index is 12.1. The predicted octanol–water partition coefficient (Wildman–Crippen LogP) is 6.53. The Hall–Kier alpha value is -2.34. The summed E-state index contributed by atoms with van der Waals surface area (Å²) in [7, 11) is 1.67. The molecule has 0 amide bonds. The fourth-order valence-corrected chi connectivity index (χ4v) is 5.82. The number of carboxylic acids is 1. The summed E-state index contributed by atoms with van der Waals surface area (Å²) in [6, 6.07) is 13.6. The molecule has 0 saturated carbocycles. The average molecular weight is 515 g/mol. The first-order valence-corrected chi connectivity index (χ1v) is 13.0. The van der Waals surface area contributed by atoms with E-state index in [2.05, 4.69) is 16.0 Å². The number of likely N-dealkylation sites (tertiary alicyclic amines) is 1. The first kappa shape index (κ1) is 25.7. The number of aryl methyl sites for hydroxylation is 1. The Morgan fingerprint density at radius 2 is 1.94 bits per heavy atom. The van der Waals surface area contributed by atoms with Crippen LogP contribution in [0, 0.1) is 11.8 Å². The molecule has 2 atom stereocenters. The highest BCUT2D eigenvalue weighted by Gasteiger charge is 2.33. The van der Waals surface area contributed by atoms with Crippen molar-refractivity contribution in [3.8, 4) is 5.75 Å². The number of fused-ring (bicyclic) bond motifs is 1. The second-order valence-corrected chi connectivity index (χ2v) is 10.2. The third kappa shape index (κ3) is 6.46. The molecule has 0 spiro atoms. The molecule has 186 valence electrons. The van der Waals surface area contributed by atoms with Crippen molar-refractivity contribution >= 4 is 40.1 Å². The van der Waals surface area contributed by atoms with Crippen LogP contribution in [0.3, 0.4) is 0 Å². The van der Waals surface area contributed by atoms with Gasteiger partial charge in [-0.25, -0.2) is 0 Å². The summed E-state index contributed by atoms with van der Waals surface area (Å²) in [5.41, 5.74) is 3.16. The van der Waals surface area contributed by atoms with Crippen LogP contribution in [-0.4, -0.2) is 47.7 Å². The highest BCUT2D eigenvalue weighted by molar-refractivity contribution is 6.35. The Bertz CT molecular complexity index is 1150. The van der Waals surface area contributed by atoms with Gasteiger partial charge >= 0.3 is 5.97 Å². The highest BCUT2D eigenvalue weighted by atomic mass is 35.5. The molecule has 1 fully saturated rings. The number of methoxy groups -OCH3 is 1. The van der Waals surface area contributed by atoms with E-state index in [1.807, 2.05) is 42.6 Å². The number of nitrogens with zero attached hydrogens (tertiary/aromatic N) is 2. The second-order valence-electron chi connectivity index (χ2n) is 9.34. The maximum absolute atomic E-state index is 12.1. The molecule has 0 radical (unpaired) electrons. The molecule has 5 nitrogen and oxygen atoms in total. The Kier molecular flexibility index (Phi) is 8.88. The number of pyridine rings is 1. The van der Waals surface area contributed by atoms with E-state index >= 15 is 0 Å². The van der Waals surface area contributed by atoms with E-state index in [1.54, 1.807) is 7.11 Å². The van der Waals surface area contributed by atoms with E-state index in [4.69, 9.17) is 27.9 Å². The number of piperidine rings is 1. The van der Waals surface area contributed by atoms with Gasteiger partial charge in [0.25, 0.3) is 0 Å². The lowest BCUT2D eigenvalue weighted by Crippen LogP contribution is -2.44. The summed E-state index contributed by atoms with van der Waals surface area (Å²) in [4.78, 5) is 18.8. The number of ether oxygens (including phenoxy) is 1. The number of hydrogen-bond acceptors (Lipinski definition) is 4. The van der Waals surface area contributed by atoms with E-state index in [0.29, 0.717) is 16.6 Å². The Morgan fingerprint density at radius 3 is 2.69 bits per heavy atom. The minimum atomic E-state index is -0.687. The molecule has 1 aliphatic rings. The van der Waals surface area contributed by atoms with Crippen LogP contribution in [0.4, 0.5) is 0 Å². The van der Waals surface area contributed by atoms with Gasteiger partial charge in [0.05, 0.1) is 18.5 Å². The lowest BCUT2D eigenvalue weighted by molar-refractivity contribution is -0.146. The summed E-state index contributed by atoms with van der Waals surface area (Å²) in [6.07, 6.45) is 7.22. The van der Waals surface area contributed by atoms with Crippen LogP contribution in [0.5, 0.6) is 5.75 Å². The summed E-state index contributed by atoms with van der Waals surface area (Å²) in [5.74, 6) is 0.00106. The first-order valence-electron chi connectivity index (χ1n) is 12.3. The molecule has 1 aliphatic heterocycles. The number of halogens is 2. The molecule has 1 aromatic heterocycles. The molecule has 1 saturated heterocycles. The molecule has 4 rings (SSSR count). The van der Waals surface area contributed by atoms with Crippen LogP contribution in [0.1, 0.15) is 36.8 Å². The fourth-order valence-electron chi connectivity index (χ4n) is 5.23. The van der Waals surface area contributed by atoms with Crippen molar-refractivity contribution in [3.63, 3.8) is 0 Å². The third-order valence-corrected chi connectivity index (χ3v) is 7.89. The molecule has 1 N–H and O–H groups in total. The molecule has 35 heavy (non-hydrogen) atoms. The summed E-state index contributed by atoms with van der Waals surface area (Å²) in [5, 5.41) is 12.4. The van der Waals surface area contributed by atoms with Gasteiger partial charge in [-0.15, -0.1) is 0 Å². The third-order valence-electron chi connectivity index (χ3n) is 7.18. The summed E-state index contributed by atoms with van der Waals surface area (Å²) < 4.78 is 5.38. The van der Waals surface area contributed by atoms with Gasteiger partial charge in [0.15, 0.2) is 0 Å². The number of aliphatic carboxylic acids is 1. The van der Waals surface area contributed by atoms with Crippen molar-refractivity contribution in [2.45, 2.75) is 38.5 Å². The zero-order valence-corrected chi connectivity index (χ0v) is 21.6. The van der Waals surface area contributed by atoms with Crippen molar-refractivity contribution in [3.05, 3.63) is 69.8 Å². The first-order chi connectivity index (χ1) is 17.0. The summed E-state index contributed by atoms with van der Waals surface area (Å²) >= 11 is 12.6. The van der Waals surface area contributed by atoms with Crippen LogP contribution in [0.2, 0.25) is 10.0 Å². The molecule has 0 unspecified atom stereocenters. The monoisotopic (exact) mass is 514 g/mol. The highest BCUT2D eigenvalue weighted by Crippen LogP contribution is 2.31. The topological polar surface area (TPSA) is 62.7 Å². The van der Waals surface area contributed by atoms with Crippen molar-refractivity contribution in [2.75, 3.05) is 26.7 Å². The largest absolute Gasteiger partial charge is 0.497 e. The van der Waals surface area contributed by atoms with E-state index in [9.17, 15) is 9.90 Å². The van der Waals surface area contributed by atoms with Crippen LogP contribution in [-0.2, 0) is 17.6 Å². The Balaban J connectivity index is 1.30. The smallest absolute Gasteiger partial charge is 0.308 e. The van der Waals surface area contributed by atoms with Gasteiger partial charge < -0.3 is 14.7 Å². The van der Waals surface area contributed by atoms with E-state index in [0.717, 1.165) is 73.8 Å². The molecular formula is C28H32Cl2N2O3. The summed E-state index contributed by atoms with van der Waals surface area (Å²) in [6.45, 7) is 2.38. The van der Waals surface area contributed by atoms with Crippen molar-refractivity contribution < 1.29 is 14.6 Å². The number of carboxylic acid groups (broad SMARTS) is 1. The predicted molar refractivity (Wildman–Crippen MR) is 142 cm³/mol. The number of carbonyl (C=O) groups is 1. The molecular weight excluding hydrogens is 483 g/mol. The lowest BCUT2D eigenvalue weighted by atomic mass is 9.81. The van der Waals surface area contributed by atoms with Gasteiger partial charge in [0, 0.05) is 28.2 Å². The second kappa shape index (κ2) is 12.1. The van der Waals surface area contributed by atoms with Crippen LogP contribution in [0.25, 0.3) is 10.9 Å². The molecule has 7 heteroatoms. The van der Waals surface area contributed by atoms with Gasteiger partial charge in [-0.05, 0) is 105 Å². The van der Waals surface area contributed by atoms with Crippen LogP contribution >= 0.6 is 23.2 Å². The number of benzene rings is 2. The average Bonchev–Trinajstić information content (AvgIpc) is 2.86. The molecule has 0 aliphatic carbocycles. The van der Waals surface area contributed by atoms with Gasteiger partial charge in [-0.2, -0.15) is 0 Å². The number of hydrogen-bond donors (Lipinski definition) is 1. The quantitative estimate of drug-likeness (QED) is 0.333. The Labute approximate surface area is 217 Å². The maximum Gasteiger partial charge on any atom is 0.308 e. The molecule has 2 heterocycles. The lowest BCUT2D eigenvalue weighted by Gasteiger charge is -2.36. The van der Waals surface area contributed by atoms with Crippen LogP contribution < -0.4 is 4.74 Å². The van der Waals surface area contributed by atoms with Crippen LogP contribution in [0.15, 0.2) is 48.7 Å². The van der Waals surface area contributed by atoms with E-state index in [-0.39, 0.29) is 11.8 Å². The zero-order valence-electron chi connectivity index (χ0n) is 20.1. The molecule has 0 bridgehead atoms. The van der Waals surface area contributed by atoms with Gasteiger partial charge in [-0.1, -0.05) is 29.3 Å². The SMILES string of the molecule is COc1ccc2nccc(CCC[C@@H]3CCN(CCCc4c(Cl)cccc4Cl)C[C@@H]3C(=O)O)c2c1. The minimum absolute atomic E-state index is 0.199. The molecule has 2 aromatic carbocycles. The van der Waals surface area contributed by atoms with Gasteiger partial charge in [0.2, 0.25) is 0 Å². The Morgan fingerprint density at radius 1 is 1.14 bits per heavy atom. The van der Waals surface area contributed by atoms with E-state index < -0.39 is 5.97 Å². The number of aromatic nitrogens is 1. The number of rotatable bonds is 10. The van der Waals surface area contributed by atoms with Gasteiger partial charge in [0.1, 0.15) is 5.75 Å². The van der Waals surface area contributed by atoms with Crippen molar-refractivity contribution in [1.29, 1.82) is 0 Å². The normalized spacial score (nSPS) is 18.6. The standard InChI is InChI=1S/C28H32Cl2N2O3/c1-35-21-10-11-27-23(17-21)19(12-14-31-27)5-2-6-20-13-16-32(18-24(20)28(33)34)15-4-7-22-25(29)8-3-9-26(22)30/h3,8-12,14,17,20,24H,2,4-7,13,15-16,18H2,1H3,(H,33,34)/t20-,24+/m1/s1. The zero-order chi connectivity index (χ0) is 24.8. The fraction of sp³-hybridized carbons (Fsp3) is 0.429. The van der Waals surface area contributed by atoms with Crippen molar-refractivity contribution in [2.24, 2.45) is 11.8 Å². The van der Waals surface area contributed by atoms with Gasteiger partial charge in [-0.3, -0.25) is 9.78 Å². The van der Waals surface area contributed by atoms with E-state index in [1.165, 1.54) is 5.56 Å². The van der Waals surface area contributed by atoms with Crippen molar-refractivity contribution in [1.82, 2.24) is 9.88 Å².